The van der Waals surface area contributed by atoms with Gasteiger partial charge in [-0.15, -0.1) is 0 Å². The van der Waals surface area contributed by atoms with Crippen LogP contribution >= 0.6 is 0 Å². The standard InChI is InChI=1S/C15H22O2/c1-11-13(10-17-2)9-14(15(11)16)12-7-5-3-4-6-8-12/h3-10H2,1-2H3. The molecule has 2 aliphatic carbocycles. The van der Waals surface area contributed by atoms with Crippen molar-refractivity contribution in [3.8, 4) is 0 Å². The van der Waals surface area contributed by atoms with Crippen molar-refractivity contribution in [3.63, 3.8) is 0 Å². The second-order valence-corrected chi connectivity index (χ2v) is 5.16. The molecule has 0 spiro atoms. The zero-order chi connectivity index (χ0) is 12.3. The minimum absolute atomic E-state index is 0.286. The maximum Gasteiger partial charge on any atom is 0.185 e. The Hall–Kier alpha value is -0.890. The zero-order valence-electron chi connectivity index (χ0n) is 11.0. The van der Waals surface area contributed by atoms with Gasteiger partial charge in [0.05, 0.1) is 6.61 Å². The summed E-state index contributed by atoms with van der Waals surface area (Å²) in [6.07, 6.45) is 8.26. The molecule has 0 radical (unpaired) electrons. The number of allylic oxidation sites excluding steroid dienone is 3. The number of ether oxygens (including phenoxy) is 1. The Bertz CT molecular complexity index is 364. The topological polar surface area (TPSA) is 26.3 Å². The quantitative estimate of drug-likeness (QED) is 0.539. The van der Waals surface area contributed by atoms with Gasteiger partial charge in [0.2, 0.25) is 0 Å². The first kappa shape index (κ1) is 12.6. The molecule has 0 aromatic rings. The Kier molecular flexibility index (Phi) is 4.16. The van der Waals surface area contributed by atoms with Crippen molar-refractivity contribution in [2.24, 2.45) is 0 Å². The first-order chi connectivity index (χ1) is 8.24. The van der Waals surface area contributed by atoms with E-state index in [4.69, 9.17) is 4.74 Å². The fraction of sp³-hybridized carbons (Fsp3) is 0.667. The number of ketones is 1. The van der Waals surface area contributed by atoms with E-state index in [9.17, 15) is 4.79 Å². The van der Waals surface area contributed by atoms with Crippen molar-refractivity contribution < 1.29 is 9.53 Å². The molecule has 0 aromatic carbocycles. The van der Waals surface area contributed by atoms with Gasteiger partial charge in [-0.2, -0.15) is 0 Å². The van der Waals surface area contributed by atoms with E-state index in [1.54, 1.807) is 7.11 Å². The molecule has 0 bridgehead atoms. The Morgan fingerprint density at radius 3 is 2.35 bits per heavy atom. The Balaban J connectivity index is 2.19. The zero-order valence-corrected chi connectivity index (χ0v) is 11.0. The van der Waals surface area contributed by atoms with Crippen LogP contribution in [-0.2, 0) is 9.53 Å². The fourth-order valence-corrected chi connectivity index (χ4v) is 2.89. The van der Waals surface area contributed by atoms with Crippen molar-refractivity contribution >= 4 is 5.78 Å². The molecule has 2 rings (SSSR count). The van der Waals surface area contributed by atoms with Gasteiger partial charge in [-0.3, -0.25) is 4.79 Å². The van der Waals surface area contributed by atoms with Gasteiger partial charge in [-0.25, -0.2) is 0 Å². The normalized spacial score (nSPS) is 22.4. The molecule has 94 valence electrons. The van der Waals surface area contributed by atoms with Gasteiger partial charge >= 0.3 is 0 Å². The van der Waals surface area contributed by atoms with Gasteiger partial charge in [0.25, 0.3) is 0 Å². The van der Waals surface area contributed by atoms with Crippen LogP contribution in [0.3, 0.4) is 0 Å². The molecule has 1 saturated carbocycles. The van der Waals surface area contributed by atoms with E-state index in [1.807, 2.05) is 6.92 Å². The molecule has 0 amide bonds. The van der Waals surface area contributed by atoms with Crippen LogP contribution in [0.4, 0.5) is 0 Å². The molecule has 2 heteroatoms. The van der Waals surface area contributed by atoms with Crippen LogP contribution in [0, 0.1) is 0 Å². The SMILES string of the molecule is COCC1=C(C)C(=O)C(=C2CCCCCC2)C1. The van der Waals surface area contributed by atoms with Crippen molar-refractivity contribution in [2.75, 3.05) is 13.7 Å². The molecular weight excluding hydrogens is 212 g/mol. The minimum atomic E-state index is 0.286. The summed E-state index contributed by atoms with van der Waals surface area (Å²) in [5, 5.41) is 0. The Morgan fingerprint density at radius 2 is 1.76 bits per heavy atom. The summed E-state index contributed by atoms with van der Waals surface area (Å²) in [6, 6.07) is 0. The average Bonchev–Trinajstić information content (AvgIpc) is 2.56. The number of carbonyl (C=O) groups excluding carboxylic acids is 1. The molecule has 0 unspecified atom stereocenters. The summed E-state index contributed by atoms with van der Waals surface area (Å²) in [7, 11) is 1.70. The first-order valence-electron chi connectivity index (χ1n) is 6.67. The Labute approximate surface area is 104 Å². The summed E-state index contributed by atoms with van der Waals surface area (Å²) in [6.45, 7) is 2.55. The summed E-state index contributed by atoms with van der Waals surface area (Å²) in [5.41, 5.74) is 4.64. The van der Waals surface area contributed by atoms with Crippen LogP contribution in [0.2, 0.25) is 0 Å². The van der Waals surface area contributed by atoms with Gasteiger partial charge in [0.1, 0.15) is 0 Å². The van der Waals surface area contributed by atoms with E-state index in [0.717, 1.165) is 30.4 Å². The third kappa shape index (κ3) is 2.68. The maximum absolute atomic E-state index is 12.2. The van der Waals surface area contributed by atoms with Crippen molar-refractivity contribution in [3.05, 3.63) is 22.3 Å². The van der Waals surface area contributed by atoms with Crippen LogP contribution in [0.1, 0.15) is 51.9 Å². The molecule has 1 fully saturated rings. The molecule has 0 saturated heterocycles. The van der Waals surface area contributed by atoms with Gasteiger partial charge < -0.3 is 4.74 Å². The highest BCUT2D eigenvalue weighted by molar-refractivity contribution is 6.12. The Morgan fingerprint density at radius 1 is 1.12 bits per heavy atom. The monoisotopic (exact) mass is 234 g/mol. The predicted molar refractivity (Wildman–Crippen MR) is 68.9 cm³/mol. The van der Waals surface area contributed by atoms with E-state index < -0.39 is 0 Å². The third-order valence-corrected chi connectivity index (χ3v) is 3.99. The lowest BCUT2D eigenvalue weighted by molar-refractivity contribution is -0.111. The van der Waals surface area contributed by atoms with E-state index in [1.165, 1.54) is 36.8 Å². The van der Waals surface area contributed by atoms with Crippen molar-refractivity contribution in [1.82, 2.24) is 0 Å². The van der Waals surface area contributed by atoms with E-state index >= 15 is 0 Å². The molecule has 0 atom stereocenters. The first-order valence-corrected chi connectivity index (χ1v) is 6.67. The summed E-state index contributed by atoms with van der Waals surface area (Å²) < 4.78 is 5.17. The number of methoxy groups -OCH3 is 1. The highest BCUT2D eigenvalue weighted by Gasteiger charge is 2.27. The van der Waals surface area contributed by atoms with Crippen molar-refractivity contribution in [1.29, 1.82) is 0 Å². The number of hydrogen-bond donors (Lipinski definition) is 0. The summed E-state index contributed by atoms with van der Waals surface area (Å²) in [5.74, 6) is 0.286. The fourth-order valence-electron chi connectivity index (χ4n) is 2.89. The minimum Gasteiger partial charge on any atom is -0.380 e. The van der Waals surface area contributed by atoms with E-state index in [-0.39, 0.29) is 5.78 Å². The summed E-state index contributed by atoms with van der Waals surface area (Å²) >= 11 is 0. The van der Waals surface area contributed by atoms with Crippen LogP contribution in [0.15, 0.2) is 22.3 Å². The number of hydrogen-bond acceptors (Lipinski definition) is 2. The molecule has 2 aliphatic rings. The second-order valence-electron chi connectivity index (χ2n) is 5.16. The van der Waals surface area contributed by atoms with Crippen LogP contribution in [0.5, 0.6) is 0 Å². The van der Waals surface area contributed by atoms with Gasteiger partial charge in [0, 0.05) is 19.1 Å². The smallest absolute Gasteiger partial charge is 0.185 e. The van der Waals surface area contributed by atoms with Gasteiger partial charge in [-0.05, 0) is 43.8 Å². The van der Waals surface area contributed by atoms with Crippen LogP contribution < -0.4 is 0 Å². The lowest BCUT2D eigenvalue weighted by Crippen LogP contribution is -2.01. The number of Topliss-reactive ketones (excluding diaryl/α,β-unsaturated/α-hetero) is 1. The lowest BCUT2D eigenvalue weighted by Gasteiger charge is -2.07. The van der Waals surface area contributed by atoms with Crippen LogP contribution in [0.25, 0.3) is 0 Å². The van der Waals surface area contributed by atoms with Crippen LogP contribution in [-0.4, -0.2) is 19.5 Å². The van der Waals surface area contributed by atoms with Gasteiger partial charge in [-0.1, -0.05) is 18.4 Å². The second kappa shape index (κ2) is 5.63. The van der Waals surface area contributed by atoms with Crippen molar-refractivity contribution in [2.45, 2.75) is 51.9 Å². The van der Waals surface area contributed by atoms with Gasteiger partial charge in [0.15, 0.2) is 5.78 Å². The molecular formula is C15H22O2. The molecule has 17 heavy (non-hydrogen) atoms. The highest BCUT2D eigenvalue weighted by Crippen LogP contribution is 2.34. The molecule has 2 nitrogen and oxygen atoms in total. The van der Waals surface area contributed by atoms with E-state index in [2.05, 4.69) is 0 Å². The lowest BCUT2D eigenvalue weighted by atomic mass is 9.97. The number of rotatable bonds is 2. The largest absolute Gasteiger partial charge is 0.380 e. The number of carbonyl (C=O) groups is 1. The predicted octanol–water partition coefficient (Wildman–Crippen LogP) is 3.57. The molecule has 0 aromatic heterocycles. The molecule has 0 aliphatic heterocycles. The average molecular weight is 234 g/mol. The molecule has 0 heterocycles. The molecule has 0 N–H and O–H groups in total. The summed E-state index contributed by atoms with van der Waals surface area (Å²) in [4.78, 5) is 12.2. The third-order valence-electron chi connectivity index (χ3n) is 3.99. The highest BCUT2D eigenvalue weighted by atomic mass is 16.5. The maximum atomic E-state index is 12.2. The van der Waals surface area contributed by atoms with E-state index in [0.29, 0.717) is 6.61 Å².